The lowest BCUT2D eigenvalue weighted by molar-refractivity contribution is 0.0182. The van der Waals surface area contributed by atoms with Crippen LogP contribution in [-0.2, 0) is 0 Å². The van der Waals surface area contributed by atoms with Crippen LogP contribution in [-0.4, -0.2) is 36.1 Å². The SMILES string of the molecule is CCC1(C)CNC(C2CCCCC2)CN1CC1CCCC1. The van der Waals surface area contributed by atoms with E-state index in [4.69, 9.17) is 0 Å². The first-order valence-corrected chi connectivity index (χ1v) is 9.70. The van der Waals surface area contributed by atoms with Gasteiger partial charge in [-0.15, -0.1) is 0 Å². The average molecular weight is 293 g/mol. The van der Waals surface area contributed by atoms with Gasteiger partial charge >= 0.3 is 0 Å². The molecule has 2 unspecified atom stereocenters. The molecule has 0 bridgehead atoms. The monoisotopic (exact) mass is 292 g/mol. The molecule has 21 heavy (non-hydrogen) atoms. The van der Waals surface area contributed by atoms with Gasteiger partial charge in [0, 0.05) is 31.2 Å². The maximum absolute atomic E-state index is 3.94. The molecular formula is C19H36N2. The summed E-state index contributed by atoms with van der Waals surface area (Å²) in [5, 5.41) is 3.94. The summed E-state index contributed by atoms with van der Waals surface area (Å²) in [7, 11) is 0. The van der Waals surface area contributed by atoms with Gasteiger partial charge < -0.3 is 5.32 Å². The first kappa shape index (κ1) is 15.8. The molecule has 2 aliphatic carbocycles. The molecule has 3 fully saturated rings. The van der Waals surface area contributed by atoms with Crippen LogP contribution < -0.4 is 5.32 Å². The summed E-state index contributed by atoms with van der Waals surface area (Å²) in [6.07, 6.45) is 14.6. The van der Waals surface area contributed by atoms with Gasteiger partial charge in [0.2, 0.25) is 0 Å². The van der Waals surface area contributed by atoms with Crippen LogP contribution in [0.5, 0.6) is 0 Å². The number of piperazine rings is 1. The Balaban J connectivity index is 1.63. The third-order valence-electron chi connectivity index (χ3n) is 6.86. The highest BCUT2D eigenvalue weighted by molar-refractivity contribution is 4.98. The molecule has 2 nitrogen and oxygen atoms in total. The third kappa shape index (κ3) is 3.64. The van der Waals surface area contributed by atoms with Gasteiger partial charge in [-0.3, -0.25) is 4.90 Å². The van der Waals surface area contributed by atoms with Crippen LogP contribution in [0.4, 0.5) is 0 Å². The smallest absolute Gasteiger partial charge is 0.0304 e. The first-order valence-electron chi connectivity index (χ1n) is 9.70. The fourth-order valence-electron chi connectivity index (χ4n) is 4.99. The summed E-state index contributed by atoms with van der Waals surface area (Å²) < 4.78 is 0. The lowest BCUT2D eigenvalue weighted by Gasteiger charge is -2.51. The van der Waals surface area contributed by atoms with Crippen molar-refractivity contribution in [3.05, 3.63) is 0 Å². The Kier molecular flexibility index (Phi) is 5.27. The second-order valence-electron chi connectivity index (χ2n) is 8.29. The summed E-state index contributed by atoms with van der Waals surface area (Å²) in [6.45, 7) is 8.76. The van der Waals surface area contributed by atoms with Gasteiger partial charge in [0.15, 0.2) is 0 Å². The van der Waals surface area contributed by atoms with E-state index in [1.807, 2.05) is 0 Å². The van der Waals surface area contributed by atoms with Crippen molar-refractivity contribution in [2.45, 2.75) is 89.6 Å². The van der Waals surface area contributed by atoms with E-state index >= 15 is 0 Å². The molecule has 0 spiro atoms. The molecule has 1 heterocycles. The lowest BCUT2D eigenvalue weighted by Crippen LogP contribution is -2.65. The van der Waals surface area contributed by atoms with Gasteiger partial charge in [-0.1, -0.05) is 39.0 Å². The number of hydrogen-bond donors (Lipinski definition) is 1. The van der Waals surface area contributed by atoms with Crippen molar-refractivity contribution in [1.82, 2.24) is 10.2 Å². The van der Waals surface area contributed by atoms with Crippen molar-refractivity contribution in [1.29, 1.82) is 0 Å². The van der Waals surface area contributed by atoms with Crippen LogP contribution in [0.15, 0.2) is 0 Å². The number of hydrogen-bond acceptors (Lipinski definition) is 2. The molecular weight excluding hydrogens is 256 g/mol. The molecule has 3 aliphatic rings. The van der Waals surface area contributed by atoms with Gasteiger partial charge in [-0.2, -0.15) is 0 Å². The molecule has 2 heteroatoms. The van der Waals surface area contributed by atoms with Crippen LogP contribution in [0.1, 0.15) is 78.1 Å². The van der Waals surface area contributed by atoms with Crippen LogP contribution in [0.25, 0.3) is 0 Å². The van der Waals surface area contributed by atoms with Crippen LogP contribution in [0.2, 0.25) is 0 Å². The molecule has 0 aromatic rings. The molecule has 0 radical (unpaired) electrons. The van der Waals surface area contributed by atoms with E-state index in [0.29, 0.717) is 5.54 Å². The minimum Gasteiger partial charge on any atom is -0.311 e. The Morgan fingerprint density at radius 1 is 1.00 bits per heavy atom. The molecule has 0 aromatic heterocycles. The zero-order valence-corrected chi connectivity index (χ0v) is 14.4. The normalized spacial score (nSPS) is 37.1. The van der Waals surface area contributed by atoms with Crippen LogP contribution >= 0.6 is 0 Å². The van der Waals surface area contributed by atoms with Crippen molar-refractivity contribution in [3.8, 4) is 0 Å². The minimum atomic E-state index is 0.397. The predicted molar refractivity (Wildman–Crippen MR) is 90.6 cm³/mol. The minimum absolute atomic E-state index is 0.397. The quantitative estimate of drug-likeness (QED) is 0.835. The first-order chi connectivity index (χ1) is 10.2. The third-order valence-corrected chi connectivity index (χ3v) is 6.86. The summed E-state index contributed by atoms with van der Waals surface area (Å²) in [5.41, 5.74) is 0.397. The highest BCUT2D eigenvalue weighted by Gasteiger charge is 2.39. The molecule has 1 aliphatic heterocycles. The summed E-state index contributed by atoms with van der Waals surface area (Å²) in [4.78, 5) is 2.89. The maximum Gasteiger partial charge on any atom is 0.0304 e. The van der Waals surface area contributed by atoms with E-state index in [0.717, 1.165) is 17.9 Å². The molecule has 2 atom stereocenters. The second-order valence-corrected chi connectivity index (χ2v) is 8.29. The van der Waals surface area contributed by atoms with Crippen LogP contribution in [0.3, 0.4) is 0 Å². The van der Waals surface area contributed by atoms with Gasteiger partial charge in [0.25, 0.3) is 0 Å². The van der Waals surface area contributed by atoms with E-state index in [2.05, 4.69) is 24.1 Å². The Morgan fingerprint density at radius 2 is 1.67 bits per heavy atom. The van der Waals surface area contributed by atoms with Gasteiger partial charge in [0.1, 0.15) is 0 Å². The summed E-state index contributed by atoms with van der Waals surface area (Å²) in [5.74, 6) is 1.94. The number of nitrogens with one attached hydrogen (secondary N) is 1. The van der Waals surface area contributed by atoms with E-state index in [1.165, 1.54) is 83.8 Å². The van der Waals surface area contributed by atoms with Crippen LogP contribution in [0, 0.1) is 11.8 Å². The highest BCUT2D eigenvalue weighted by Crippen LogP contribution is 2.34. The Labute approximate surface area is 132 Å². The van der Waals surface area contributed by atoms with Gasteiger partial charge in [-0.25, -0.2) is 0 Å². The molecule has 2 saturated carbocycles. The summed E-state index contributed by atoms with van der Waals surface area (Å²) >= 11 is 0. The van der Waals surface area contributed by atoms with E-state index in [1.54, 1.807) is 0 Å². The molecule has 122 valence electrons. The lowest BCUT2D eigenvalue weighted by atomic mass is 9.80. The Morgan fingerprint density at radius 3 is 2.33 bits per heavy atom. The molecule has 0 amide bonds. The number of nitrogens with zero attached hydrogens (tertiary/aromatic N) is 1. The zero-order chi connectivity index (χ0) is 14.7. The average Bonchev–Trinajstić information content (AvgIpc) is 3.03. The Bertz CT molecular complexity index is 318. The molecule has 1 saturated heterocycles. The van der Waals surface area contributed by atoms with Crippen molar-refractivity contribution >= 4 is 0 Å². The summed E-state index contributed by atoms with van der Waals surface area (Å²) in [6, 6.07) is 0.770. The van der Waals surface area contributed by atoms with Gasteiger partial charge in [-0.05, 0) is 50.9 Å². The fourth-order valence-corrected chi connectivity index (χ4v) is 4.99. The number of rotatable bonds is 4. The van der Waals surface area contributed by atoms with E-state index in [-0.39, 0.29) is 0 Å². The van der Waals surface area contributed by atoms with Crippen molar-refractivity contribution in [3.63, 3.8) is 0 Å². The largest absolute Gasteiger partial charge is 0.311 e. The molecule has 1 N–H and O–H groups in total. The highest BCUT2D eigenvalue weighted by atomic mass is 15.3. The molecule has 3 rings (SSSR count). The zero-order valence-electron chi connectivity index (χ0n) is 14.4. The van der Waals surface area contributed by atoms with Gasteiger partial charge in [0.05, 0.1) is 0 Å². The maximum atomic E-state index is 3.94. The van der Waals surface area contributed by atoms with Crippen molar-refractivity contribution in [2.75, 3.05) is 19.6 Å². The van der Waals surface area contributed by atoms with Crippen molar-refractivity contribution < 1.29 is 0 Å². The fraction of sp³-hybridized carbons (Fsp3) is 1.00. The predicted octanol–water partition coefficient (Wildman–Crippen LogP) is 4.20. The second kappa shape index (κ2) is 7.00. The van der Waals surface area contributed by atoms with E-state index in [9.17, 15) is 0 Å². The standard InChI is InChI=1S/C19H36N2/c1-3-19(2)15-20-18(17-11-5-4-6-12-17)14-21(19)13-16-9-7-8-10-16/h16-18,20H,3-15H2,1-2H3. The van der Waals surface area contributed by atoms with Crippen molar-refractivity contribution in [2.24, 2.45) is 11.8 Å². The van der Waals surface area contributed by atoms with E-state index < -0.39 is 0 Å². The molecule has 0 aromatic carbocycles. The Hall–Kier alpha value is -0.0800. The topological polar surface area (TPSA) is 15.3 Å².